The molecule has 0 aromatic carbocycles. The third-order valence-electron chi connectivity index (χ3n) is 13.2. The molecule has 5 rings (SSSR count). The number of rotatable bonds is 20. The fraction of sp³-hybridized carbons (Fsp3) is 0.867. The molecule has 5 heterocycles. The predicted octanol–water partition coefficient (Wildman–Crippen LogP) is -4.43. The van der Waals surface area contributed by atoms with Crippen molar-refractivity contribution in [1.29, 1.82) is 0 Å². The smallest absolute Gasteiger partial charge is 0.187 e. The van der Waals surface area contributed by atoms with Gasteiger partial charge in [0.05, 0.1) is 44.7 Å². The largest absolute Gasteiger partial charge is 0.394 e. The van der Waals surface area contributed by atoms with Gasteiger partial charge < -0.3 is 119 Å². The lowest BCUT2D eigenvalue weighted by Gasteiger charge is -2.48. The Labute approximate surface area is 400 Å². The first-order chi connectivity index (χ1) is 32.6. The molecule has 0 aromatic rings. The molecule has 0 bridgehead atoms. The van der Waals surface area contributed by atoms with Gasteiger partial charge in [-0.05, 0) is 67.2 Å². The van der Waals surface area contributed by atoms with Gasteiger partial charge in [-0.3, -0.25) is 0 Å². The summed E-state index contributed by atoms with van der Waals surface area (Å²) in [5.41, 5.74) is 2.81. The molecule has 5 aliphatic heterocycles. The molecule has 0 aromatic heterocycles. The minimum Gasteiger partial charge on any atom is -0.394 e. The number of hydrogen-bond donors (Lipinski definition) is 14. The fourth-order valence-electron chi connectivity index (χ4n) is 8.51. The lowest BCUT2D eigenvalue weighted by atomic mass is 9.96. The molecule has 0 spiro atoms. The highest BCUT2D eigenvalue weighted by Crippen LogP contribution is 2.35. The lowest BCUT2D eigenvalue weighted by molar-refractivity contribution is -0.388. The third kappa shape index (κ3) is 14.5. The number of allylic oxidation sites excluding steroid dienone is 4. The van der Waals surface area contributed by atoms with E-state index in [0.29, 0.717) is 25.7 Å². The van der Waals surface area contributed by atoms with Crippen molar-refractivity contribution >= 4 is 0 Å². The molecule has 400 valence electrons. The molecule has 0 saturated carbocycles. The van der Waals surface area contributed by atoms with Gasteiger partial charge in [-0.25, -0.2) is 0 Å². The first-order valence-electron chi connectivity index (χ1n) is 23.4. The summed E-state index contributed by atoms with van der Waals surface area (Å²) in [6, 6.07) is 0. The van der Waals surface area contributed by atoms with Crippen molar-refractivity contribution < 1.29 is 119 Å². The predicted molar refractivity (Wildman–Crippen MR) is 233 cm³/mol. The van der Waals surface area contributed by atoms with E-state index in [1.165, 1.54) is 20.8 Å². The van der Waals surface area contributed by atoms with Crippen LogP contribution in [0.4, 0.5) is 0 Å². The zero-order valence-electron chi connectivity index (χ0n) is 39.7. The SMILES string of the molecule is CC(=CCCC(C)=CCOC1OC(CO)C(O)C(OC2OC(C)C(O)C(O)C2O)C1OC1OC(C)C(O)C(O)C1O)CCC=C(C)COC1OC(CO)C(O)C(O)C1OC1OC(C)C(O)C(O)C1O. The zero-order valence-corrected chi connectivity index (χ0v) is 39.7. The van der Waals surface area contributed by atoms with Gasteiger partial charge in [-0.1, -0.05) is 34.9 Å². The second kappa shape index (κ2) is 26.5. The van der Waals surface area contributed by atoms with Crippen LogP contribution in [0.1, 0.15) is 67.2 Å². The van der Waals surface area contributed by atoms with E-state index in [0.717, 1.165) is 16.7 Å². The highest BCUT2D eigenvalue weighted by Gasteiger charge is 2.55. The molecule has 25 atom stereocenters. The Balaban J connectivity index is 1.15. The van der Waals surface area contributed by atoms with Crippen molar-refractivity contribution in [2.45, 2.75) is 221 Å². The summed E-state index contributed by atoms with van der Waals surface area (Å²) in [7, 11) is 0. The van der Waals surface area contributed by atoms with Crippen molar-refractivity contribution in [3.63, 3.8) is 0 Å². The normalized spacial score (nSPS) is 46.3. The number of hydrogen-bond acceptors (Lipinski definition) is 24. The monoisotopic (exact) mass is 1000 g/mol. The van der Waals surface area contributed by atoms with Crippen LogP contribution in [-0.4, -0.2) is 251 Å². The van der Waals surface area contributed by atoms with Crippen LogP contribution in [0.5, 0.6) is 0 Å². The third-order valence-corrected chi connectivity index (χ3v) is 13.2. The molecule has 0 aliphatic carbocycles. The maximum Gasteiger partial charge on any atom is 0.187 e. The standard InChI is InChI=1S/C45H76O24/c1-18(10-8-12-20(3)17-61-44-39(34(56)29(51)24(15-46)65-44)68-42-36(58)32(54)27(49)22(5)63-42)9-7-11-19(2)13-14-60-45-40(69-43-37(59)33(55)28(50)23(6)64-43)38(30(52)25(16-47)66-45)67-41-35(57)31(53)26(48)21(4)62-41/h9,12-13,21-59H,7-8,10-11,14-17H2,1-6H3. The van der Waals surface area contributed by atoms with Gasteiger partial charge in [-0.15, -0.1) is 0 Å². The van der Waals surface area contributed by atoms with Gasteiger partial charge in [-0.2, -0.15) is 0 Å². The highest BCUT2D eigenvalue weighted by atomic mass is 16.8. The van der Waals surface area contributed by atoms with Crippen molar-refractivity contribution in [3.05, 3.63) is 34.9 Å². The Kier molecular flexibility index (Phi) is 22.3. The van der Waals surface area contributed by atoms with E-state index in [2.05, 4.69) is 6.08 Å². The van der Waals surface area contributed by atoms with Gasteiger partial charge in [0, 0.05) is 0 Å². The van der Waals surface area contributed by atoms with Gasteiger partial charge in [0.15, 0.2) is 31.5 Å². The Morgan fingerprint density at radius 1 is 0.391 bits per heavy atom. The van der Waals surface area contributed by atoms with E-state index in [9.17, 15) is 71.5 Å². The van der Waals surface area contributed by atoms with Gasteiger partial charge in [0.25, 0.3) is 0 Å². The summed E-state index contributed by atoms with van der Waals surface area (Å²) >= 11 is 0. The van der Waals surface area contributed by atoms with Crippen LogP contribution >= 0.6 is 0 Å². The van der Waals surface area contributed by atoms with Crippen molar-refractivity contribution in [2.75, 3.05) is 26.4 Å². The zero-order chi connectivity index (χ0) is 51.0. The van der Waals surface area contributed by atoms with Crippen LogP contribution in [0.3, 0.4) is 0 Å². The summed E-state index contributed by atoms with van der Waals surface area (Å²) in [5.74, 6) is 0. The molecule has 5 saturated heterocycles. The van der Waals surface area contributed by atoms with Crippen molar-refractivity contribution in [2.24, 2.45) is 0 Å². The van der Waals surface area contributed by atoms with E-state index in [1.54, 1.807) is 6.08 Å². The maximum absolute atomic E-state index is 11.3. The van der Waals surface area contributed by atoms with Crippen molar-refractivity contribution in [3.8, 4) is 0 Å². The van der Waals surface area contributed by atoms with Crippen molar-refractivity contribution in [1.82, 2.24) is 0 Å². The van der Waals surface area contributed by atoms with E-state index >= 15 is 0 Å². The van der Waals surface area contributed by atoms with E-state index < -0.39 is 167 Å². The molecule has 14 N–H and O–H groups in total. The molecule has 5 fully saturated rings. The number of aliphatic hydroxyl groups excluding tert-OH is 14. The van der Waals surface area contributed by atoms with Crippen LogP contribution in [0.25, 0.3) is 0 Å². The molecule has 5 aliphatic rings. The summed E-state index contributed by atoms with van der Waals surface area (Å²) in [4.78, 5) is 0. The van der Waals surface area contributed by atoms with E-state index in [1.807, 2.05) is 26.8 Å². The molecule has 0 radical (unpaired) electrons. The van der Waals surface area contributed by atoms with E-state index in [-0.39, 0.29) is 13.2 Å². The van der Waals surface area contributed by atoms with Gasteiger partial charge in [0.2, 0.25) is 0 Å². The van der Waals surface area contributed by atoms with Crippen LogP contribution in [-0.2, 0) is 47.4 Å². The summed E-state index contributed by atoms with van der Waals surface area (Å²) in [6.45, 7) is 8.60. The Morgan fingerprint density at radius 3 is 1.25 bits per heavy atom. The molecule has 69 heavy (non-hydrogen) atoms. The highest BCUT2D eigenvalue weighted by molar-refractivity contribution is 5.07. The molecular weight excluding hydrogens is 924 g/mol. The molecule has 0 amide bonds. The summed E-state index contributed by atoms with van der Waals surface area (Å²) in [6.07, 6.45) is -28.4. The Morgan fingerprint density at radius 2 is 0.783 bits per heavy atom. The number of aliphatic hydroxyl groups is 14. The quantitative estimate of drug-likeness (QED) is 0.0512. The van der Waals surface area contributed by atoms with Crippen LogP contribution in [0.15, 0.2) is 34.9 Å². The van der Waals surface area contributed by atoms with Crippen LogP contribution in [0.2, 0.25) is 0 Å². The average Bonchev–Trinajstić information content (AvgIpc) is 3.32. The molecule has 24 heteroatoms. The molecule has 25 unspecified atom stereocenters. The second-order valence-corrected chi connectivity index (χ2v) is 18.6. The average molecular weight is 1000 g/mol. The minimum absolute atomic E-state index is 0.00900. The van der Waals surface area contributed by atoms with E-state index in [4.69, 9.17) is 47.4 Å². The minimum atomic E-state index is -1.79. The molecular formula is C45H76O24. The fourth-order valence-corrected chi connectivity index (χ4v) is 8.51. The molecule has 24 nitrogen and oxygen atoms in total. The van der Waals surface area contributed by atoms with Crippen LogP contribution < -0.4 is 0 Å². The first kappa shape index (κ1) is 58.2. The maximum atomic E-state index is 11.3. The Hall–Kier alpha value is -1.74. The first-order valence-corrected chi connectivity index (χ1v) is 23.4. The topological polar surface area (TPSA) is 376 Å². The summed E-state index contributed by atoms with van der Waals surface area (Å²) in [5, 5.41) is 146. The van der Waals surface area contributed by atoms with Gasteiger partial charge >= 0.3 is 0 Å². The lowest BCUT2D eigenvalue weighted by Crippen LogP contribution is -2.66. The van der Waals surface area contributed by atoms with Crippen LogP contribution in [0, 0.1) is 0 Å². The number of ether oxygens (including phenoxy) is 10. The Bertz CT molecular complexity index is 1650. The van der Waals surface area contributed by atoms with Gasteiger partial charge in [0.1, 0.15) is 104 Å². The second-order valence-electron chi connectivity index (χ2n) is 18.6. The summed E-state index contributed by atoms with van der Waals surface area (Å²) < 4.78 is 58.1.